The van der Waals surface area contributed by atoms with E-state index in [1.807, 2.05) is 11.8 Å². The number of benzene rings is 9. The molecule has 0 radical (unpaired) electrons. The van der Waals surface area contributed by atoms with Gasteiger partial charge in [0.25, 0.3) is 0 Å². The summed E-state index contributed by atoms with van der Waals surface area (Å²) in [7, 11) is -2.59. The molecule has 2 aliphatic heterocycles. The second-order valence-electron chi connectivity index (χ2n) is 15.2. The standard InChI is InChI=1S/C54H35NOSSi/c1-3-13-36(14-4-1)37-23-27-41(28-24-37)55(40-15-5-2-6-16-40)42-29-31-44-43-30-25-38(33-47(43)56-48(44)35-42)39-26-32-50-54(34-39)58(53-22-12-9-19-49(53)57-50)51-20-10-7-17-45(51)46-18-8-11-21-52(46)58/h1-35H. The van der Waals surface area contributed by atoms with Gasteiger partial charge in [0.2, 0.25) is 0 Å². The monoisotopic (exact) mass is 773 g/mol. The van der Waals surface area contributed by atoms with Gasteiger partial charge in [0, 0.05) is 43.7 Å². The maximum atomic E-state index is 6.78. The normalized spacial score (nSPS) is 13.2. The summed E-state index contributed by atoms with van der Waals surface area (Å²) in [5.74, 6) is 0. The molecule has 1 aromatic heterocycles. The average Bonchev–Trinajstić information content (AvgIpc) is 3.80. The van der Waals surface area contributed by atoms with Crippen LogP contribution in [0.1, 0.15) is 0 Å². The van der Waals surface area contributed by atoms with Crippen molar-refractivity contribution in [3.63, 3.8) is 0 Å². The highest BCUT2D eigenvalue weighted by Crippen LogP contribution is 2.42. The second kappa shape index (κ2) is 13.1. The number of anilines is 3. The number of hydrogen-bond donors (Lipinski definition) is 0. The third kappa shape index (κ3) is 4.99. The van der Waals surface area contributed by atoms with Crippen LogP contribution in [0.4, 0.5) is 17.1 Å². The van der Waals surface area contributed by atoms with Crippen LogP contribution in [-0.4, -0.2) is 8.07 Å². The third-order valence-electron chi connectivity index (χ3n) is 12.1. The van der Waals surface area contributed by atoms with Crippen LogP contribution in [-0.2, 0) is 0 Å². The topological polar surface area (TPSA) is 16.4 Å². The maximum Gasteiger partial charge on any atom is 0.183 e. The molecule has 272 valence electrons. The van der Waals surface area contributed by atoms with Crippen molar-refractivity contribution < 1.29 is 4.42 Å². The van der Waals surface area contributed by atoms with Gasteiger partial charge in [-0.15, -0.1) is 0 Å². The summed E-state index contributed by atoms with van der Waals surface area (Å²) in [5.41, 5.74) is 12.5. The lowest BCUT2D eigenvalue weighted by molar-refractivity contribution is 0.669. The van der Waals surface area contributed by atoms with Crippen molar-refractivity contribution in [3.8, 4) is 33.4 Å². The van der Waals surface area contributed by atoms with E-state index in [4.69, 9.17) is 4.42 Å². The van der Waals surface area contributed by atoms with Crippen molar-refractivity contribution >= 4 is 79.6 Å². The fourth-order valence-electron chi connectivity index (χ4n) is 9.58. The molecular weight excluding hydrogens is 739 g/mol. The van der Waals surface area contributed by atoms with E-state index in [0.29, 0.717) is 0 Å². The first-order chi connectivity index (χ1) is 28.7. The van der Waals surface area contributed by atoms with Crippen molar-refractivity contribution in [3.05, 3.63) is 212 Å². The van der Waals surface area contributed by atoms with Crippen LogP contribution in [0.25, 0.3) is 55.3 Å². The summed E-state index contributed by atoms with van der Waals surface area (Å²) in [5, 5.41) is 8.17. The molecule has 0 fully saturated rings. The Morgan fingerprint density at radius 2 is 0.845 bits per heavy atom. The van der Waals surface area contributed by atoms with Gasteiger partial charge < -0.3 is 9.32 Å². The summed E-state index contributed by atoms with van der Waals surface area (Å²) in [6, 6.07) is 77.9. The number of hydrogen-bond acceptors (Lipinski definition) is 3. The molecule has 58 heavy (non-hydrogen) atoms. The van der Waals surface area contributed by atoms with E-state index >= 15 is 0 Å². The minimum Gasteiger partial charge on any atom is -0.456 e. The second-order valence-corrected chi connectivity index (χ2v) is 20.0. The summed E-state index contributed by atoms with van der Waals surface area (Å²) in [6.45, 7) is 0. The fourth-order valence-corrected chi connectivity index (χ4v) is 17.0. The van der Waals surface area contributed by atoms with E-state index < -0.39 is 8.07 Å². The average molecular weight is 774 g/mol. The van der Waals surface area contributed by atoms with Crippen molar-refractivity contribution in [2.45, 2.75) is 9.79 Å². The minimum atomic E-state index is -2.59. The minimum absolute atomic E-state index is 0.871. The molecule has 0 amide bonds. The molecule has 0 bridgehead atoms. The largest absolute Gasteiger partial charge is 0.456 e. The van der Waals surface area contributed by atoms with Gasteiger partial charge in [0.1, 0.15) is 11.2 Å². The van der Waals surface area contributed by atoms with Crippen molar-refractivity contribution in [1.29, 1.82) is 0 Å². The zero-order valence-electron chi connectivity index (χ0n) is 31.5. The molecule has 0 saturated heterocycles. The van der Waals surface area contributed by atoms with E-state index in [1.54, 1.807) is 0 Å². The molecule has 0 atom stereocenters. The van der Waals surface area contributed by atoms with Crippen LogP contribution < -0.4 is 25.6 Å². The van der Waals surface area contributed by atoms with E-state index in [1.165, 1.54) is 58.4 Å². The fraction of sp³-hybridized carbons (Fsp3) is 0. The highest BCUT2D eigenvalue weighted by Gasteiger charge is 2.52. The van der Waals surface area contributed by atoms with Crippen LogP contribution >= 0.6 is 11.8 Å². The van der Waals surface area contributed by atoms with Crippen LogP contribution in [0.2, 0.25) is 0 Å². The van der Waals surface area contributed by atoms with Crippen LogP contribution in [0.3, 0.4) is 0 Å². The zero-order valence-corrected chi connectivity index (χ0v) is 33.3. The Hall–Kier alpha value is -6.85. The van der Waals surface area contributed by atoms with E-state index in [2.05, 4.69) is 217 Å². The predicted octanol–water partition coefficient (Wildman–Crippen LogP) is 12.2. The molecule has 0 saturated carbocycles. The van der Waals surface area contributed by atoms with Gasteiger partial charge in [-0.05, 0) is 115 Å². The molecule has 0 N–H and O–H groups in total. The molecule has 2 nitrogen and oxygen atoms in total. The number of nitrogens with zero attached hydrogens (tertiary/aromatic N) is 1. The Balaban J connectivity index is 0.969. The number of fused-ring (bicyclic) bond motifs is 12. The van der Waals surface area contributed by atoms with E-state index in [0.717, 1.165) is 44.6 Å². The third-order valence-corrected chi connectivity index (χ3v) is 18.6. The molecular formula is C54H35NOSSi. The molecule has 10 aromatic rings. The van der Waals surface area contributed by atoms with Gasteiger partial charge in [-0.2, -0.15) is 0 Å². The van der Waals surface area contributed by atoms with Gasteiger partial charge in [-0.3, -0.25) is 0 Å². The zero-order chi connectivity index (χ0) is 38.2. The van der Waals surface area contributed by atoms with E-state index in [9.17, 15) is 0 Å². The Kier molecular flexibility index (Phi) is 7.52. The van der Waals surface area contributed by atoms with Crippen LogP contribution in [0, 0.1) is 0 Å². The van der Waals surface area contributed by atoms with Gasteiger partial charge in [-0.25, -0.2) is 0 Å². The maximum absolute atomic E-state index is 6.78. The molecule has 12 rings (SSSR count). The molecule has 3 heterocycles. The molecule has 9 aromatic carbocycles. The summed E-state index contributed by atoms with van der Waals surface area (Å²) >= 11 is 1.91. The Labute approximate surface area is 342 Å². The van der Waals surface area contributed by atoms with Crippen LogP contribution in [0.5, 0.6) is 0 Å². The Morgan fingerprint density at radius 3 is 1.59 bits per heavy atom. The first-order valence-corrected chi connectivity index (χ1v) is 22.6. The Bertz CT molecular complexity index is 3160. The first-order valence-electron chi connectivity index (χ1n) is 19.8. The summed E-state index contributed by atoms with van der Waals surface area (Å²) in [6.07, 6.45) is 0. The predicted molar refractivity (Wildman–Crippen MR) is 246 cm³/mol. The summed E-state index contributed by atoms with van der Waals surface area (Å²) in [4.78, 5) is 5.03. The van der Waals surface area contributed by atoms with Crippen molar-refractivity contribution in [2.75, 3.05) is 4.90 Å². The SMILES string of the molecule is c1ccc(-c2ccc(N(c3ccccc3)c3ccc4c(c3)oc3cc(-c5ccc6c(c5)[Si]5(c7ccccc7S6)c6ccccc6-c6ccccc65)ccc34)cc2)cc1. The lowest BCUT2D eigenvalue weighted by Crippen LogP contribution is -2.74. The number of rotatable bonds is 5. The van der Waals surface area contributed by atoms with Gasteiger partial charge in [-0.1, -0.05) is 157 Å². The number of para-hydroxylation sites is 1. The molecule has 0 unspecified atom stereocenters. The lowest BCUT2D eigenvalue weighted by Gasteiger charge is -2.38. The number of furan rings is 1. The van der Waals surface area contributed by atoms with Gasteiger partial charge >= 0.3 is 0 Å². The van der Waals surface area contributed by atoms with Crippen molar-refractivity contribution in [2.24, 2.45) is 0 Å². The molecule has 2 aliphatic rings. The lowest BCUT2D eigenvalue weighted by atomic mass is 10.0. The first kappa shape index (κ1) is 33.3. The van der Waals surface area contributed by atoms with Crippen LogP contribution in [0.15, 0.2) is 227 Å². The smallest absolute Gasteiger partial charge is 0.183 e. The Morgan fingerprint density at radius 1 is 0.345 bits per heavy atom. The quantitative estimate of drug-likeness (QED) is 0.162. The van der Waals surface area contributed by atoms with Gasteiger partial charge in [0.15, 0.2) is 8.07 Å². The van der Waals surface area contributed by atoms with Crippen molar-refractivity contribution in [1.82, 2.24) is 0 Å². The molecule has 0 aliphatic carbocycles. The van der Waals surface area contributed by atoms with E-state index in [-0.39, 0.29) is 0 Å². The molecule has 1 spiro atoms. The summed E-state index contributed by atoms with van der Waals surface area (Å²) < 4.78 is 6.78. The highest BCUT2D eigenvalue weighted by molar-refractivity contribution is 8.00. The highest BCUT2D eigenvalue weighted by atomic mass is 32.2. The molecule has 4 heteroatoms. The van der Waals surface area contributed by atoms with Gasteiger partial charge in [0.05, 0.1) is 0 Å².